The molecule has 0 nitrogen and oxygen atoms in total. The molecule has 0 fully saturated rings. The summed E-state index contributed by atoms with van der Waals surface area (Å²) in [7, 11) is 0.715. The zero-order valence-corrected chi connectivity index (χ0v) is 5.82. The summed E-state index contributed by atoms with van der Waals surface area (Å²) in [4.78, 5) is 0. The largest absolute Gasteiger partial charge is 0.399 e. The van der Waals surface area contributed by atoms with Crippen molar-refractivity contribution in [3.8, 4) is 0 Å². The average Bonchev–Trinajstić information content (AvgIpc) is 0.722. The highest BCUT2D eigenvalue weighted by atomic mass is 35.5. The van der Waals surface area contributed by atoms with Crippen LogP contribution >= 0.6 is 34.1 Å². The molecule has 7 heavy (non-hydrogen) atoms. The fourth-order valence-corrected chi connectivity index (χ4v) is 0. The topological polar surface area (TPSA) is 0 Å². The molecule has 0 aliphatic carbocycles. The van der Waals surface area contributed by atoms with Crippen molar-refractivity contribution in [1.82, 2.24) is 0 Å². The van der Waals surface area contributed by atoms with Crippen LogP contribution in [0.25, 0.3) is 0 Å². The monoisotopic (exact) mass is 174 g/mol. The van der Waals surface area contributed by atoms with Crippen LogP contribution in [0.1, 0.15) is 0 Å². The molecule has 0 bridgehead atoms. The van der Waals surface area contributed by atoms with Crippen LogP contribution in [0.15, 0.2) is 0 Å². The number of hydrogen-bond donors (Lipinski definition) is 0. The smallest absolute Gasteiger partial charge is 0.168 e. The predicted octanol–water partition coefficient (Wildman–Crippen LogP) is 2.22. The fraction of sp³-hybridized carbons (Fsp3) is 1.00. The lowest BCUT2D eigenvalue weighted by Gasteiger charge is -1.88. The molecule has 0 aromatic carbocycles. The molecule has 0 aliphatic heterocycles. The van der Waals surface area contributed by atoms with Gasteiger partial charge in [0.15, 0.2) is 0 Å². The van der Waals surface area contributed by atoms with Gasteiger partial charge >= 0.3 is 5.92 Å². The lowest BCUT2D eigenvalue weighted by molar-refractivity contribution is -0.0341. The van der Waals surface area contributed by atoms with Crippen molar-refractivity contribution in [3.63, 3.8) is 0 Å². The number of alkyl halides is 3. The summed E-state index contributed by atoms with van der Waals surface area (Å²) >= 11 is 0. The standard InChI is InChI=1S/CH2F3P.2ClH/c2-1(3,4)5;;/h5H2;2*1H. The summed E-state index contributed by atoms with van der Waals surface area (Å²) in [6.07, 6.45) is 0. The van der Waals surface area contributed by atoms with Gasteiger partial charge in [-0.2, -0.15) is 13.2 Å². The third kappa shape index (κ3) is 245. The third-order valence-electron chi connectivity index (χ3n) is 0. The minimum absolute atomic E-state index is 0. The summed E-state index contributed by atoms with van der Waals surface area (Å²) in [6.45, 7) is 0. The first-order chi connectivity index (χ1) is 2.00. The molecular formula is CH4Cl2F3P. The minimum atomic E-state index is -4.08. The van der Waals surface area contributed by atoms with Gasteiger partial charge < -0.3 is 0 Å². The van der Waals surface area contributed by atoms with E-state index >= 15 is 0 Å². The van der Waals surface area contributed by atoms with Crippen LogP contribution in [-0.2, 0) is 0 Å². The molecule has 6 heteroatoms. The summed E-state index contributed by atoms with van der Waals surface area (Å²) in [6, 6.07) is 0. The molecule has 0 aliphatic rings. The first kappa shape index (κ1) is 15.7. The van der Waals surface area contributed by atoms with Gasteiger partial charge in [0, 0.05) is 0 Å². The van der Waals surface area contributed by atoms with Crippen molar-refractivity contribution in [2.75, 3.05) is 0 Å². The second-order valence-corrected chi connectivity index (χ2v) is 1.20. The summed E-state index contributed by atoms with van der Waals surface area (Å²) in [5, 5.41) is 0. The van der Waals surface area contributed by atoms with Gasteiger partial charge in [0.25, 0.3) is 0 Å². The highest BCUT2D eigenvalue weighted by Gasteiger charge is 2.15. The molecule has 0 N–H and O–H groups in total. The van der Waals surface area contributed by atoms with Gasteiger partial charge in [0.2, 0.25) is 0 Å². The van der Waals surface area contributed by atoms with E-state index in [9.17, 15) is 13.2 Å². The van der Waals surface area contributed by atoms with Gasteiger partial charge in [0.1, 0.15) is 0 Å². The summed E-state index contributed by atoms with van der Waals surface area (Å²) in [5.74, 6) is -4.08. The Labute approximate surface area is 53.9 Å². The van der Waals surface area contributed by atoms with Crippen molar-refractivity contribution in [2.24, 2.45) is 0 Å². The second-order valence-electron chi connectivity index (χ2n) is 0.542. The van der Waals surface area contributed by atoms with E-state index in [4.69, 9.17) is 0 Å². The molecule has 0 saturated carbocycles. The Bertz CT molecular complexity index is 28.4. The number of hydrogen-bond acceptors (Lipinski definition) is 0. The molecule has 0 aromatic heterocycles. The van der Waals surface area contributed by atoms with Gasteiger partial charge in [-0.25, -0.2) is 0 Å². The van der Waals surface area contributed by atoms with Crippen molar-refractivity contribution in [1.29, 1.82) is 0 Å². The molecule has 0 rings (SSSR count). The number of rotatable bonds is 0. The predicted molar refractivity (Wildman–Crippen MR) is 30.3 cm³/mol. The van der Waals surface area contributed by atoms with Gasteiger partial charge in [-0.3, -0.25) is 0 Å². The Morgan fingerprint density at radius 2 is 1.00 bits per heavy atom. The second kappa shape index (κ2) is 4.95. The third-order valence-corrected chi connectivity index (χ3v) is 0. The quantitative estimate of drug-likeness (QED) is 0.495. The van der Waals surface area contributed by atoms with E-state index in [0.29, 0.717) is 9.24 Å². The van der Waals surface area contributed by atoms with E-state index in [2.05, 4.69) is 0 Å². The zero-order valence-electron chi connectivity index (χ0n) is 3.03. The maximum atomic E-state index is 10.3. The van der Waals surface area contributed by atoms with E-state index in [-0.39, 0.29) is 24.8 Å². The van der Waals surface area contributed by atoms with Crippen LogP contribution in [0.3, 0.4) is 0 Å². The Balaban J connectivity index is -0.0000000800. The minimum Gasteiger partial charge on any atom is -0.168 e. The lowest BCUT2D eigenvalue weighted by atomic mass is 11.6. The summed E-state index contributed by atoms with van der Waals surface area (Å²) in [5.41, 5.74) is 0. The molecule has 1 unspecified atom stereocenters. The molecule has 0 radical (unpaired) electrons. The molecule has 1 atom stereocenters. The molecule has 0 heterocycles. The van der Waals surface area contributed by atoms with E-state index < -0.39 is 5.92 Å². The van der Waals surface area contributed by atoms with Crippen LogP contribution < -0.4 is 0 Å². The molecule has 0 amide bonds. The Morgan fingerprint density at radius 3 is 1.00 bits per heavy atom. The first-order valence-electron chi connectivity index (χ1n) is 0.856. The Hall–Kier alpha value is 0.800. The normalized spacial score (nSPS) is 8.57. The highest BCUT2D eigenvalue weighted by molar-refractivity contribution is 7.17. The Kier molecular flexibility index (Phi) is 11.1. The lowest BCUT2D eigenvalue weighted by Crippen LogP contribution is -1.88. The average molecular weight is 175 g/mol. The van der Waals surface area contributed by atoms with Crippen molar-refractivity contribution >= 4 is 34.1 Å². The maximum Gasteiger partial charge on any atom is 0.399 e. The maximum absolute atomic E-state index is 10.3. The SMILES string of the molecule is Cl.Cl.FC(F)(F)P. The number of halogens is 5. The molecule has 0 aromatic rings. The zero-order chi connectivity index (χ0) is 4.50. The van der Waals surface area contributed by atoms with Crippen LogP contribution in [0.2, 0.25) is 0 Å². The van der Waals surface area contributed by atoms with E-state index in [1.165, 1.54) is 0 Å². The van der Waals surface area contributed by atoms with Crippen LogP contribution in [0.4, 0.5) is 13.2 Å². The van der Waals surface area contributed by atoms with Gasteiger partial charge in [-0.1, -0.05) is 0 Å². The summed E-state index contributed by atoms with van der Waals surface area (Å²) < 4.78 is 31.0. The molecule has 48 valence electrons. The van der Waals surface area contributed by atoms with Gasteiger partial charge in [-0.15, -0.1) is 24.8 Å². The van der Waals surface area contributed by atoms with Crippen molar-refractivity contribution < 1.29 is 13.2 Å². The van der Waals surface area contributed by atoms with Gasteiger partial charge in [0.05, 0.1) is 0 Å². The molecular weight excluding hydrogens is 171 g/mol. The van der Waals surface area contributed by atoms with Gasteiger partial charge in [-0.05, 0) is 9.24 Å². The van der Waals surface area contributed by atoms with Crippen LogP contribution in [0, 0.1) is 0 Å². The molecule has 0 spiro atoms. The highest BCUT2D eigenvalue weighted by Crippen LogP contribution is 2.21. The Morgan fingerprint density at radius 1 is 1.00 bits per heavy atom. The van der Waals surface area contributed by atoms with Crippen LogP contribution in [-0.4, -0.2) is 5.92 Å². The van der Waals surface area contributed by atoms with Crippen molar-refractivity contribution in [3.05, 3.63) is 0 Å². The molecule has 0 saturated heterocycles. The fourth-order valence-electron chi connectivity index (χ4n) is 0. The van der Waals surface area contributed by atoms with Crippen molar-refractivity contribution in [2.45, 2.75) is 5.92 Å². The van der Waals surface area contributed by atoms with E-state index in [0.717, 1.165) is 0 Å². The van der Waals surface area contributed by atoms with Crippen LogP contribution in [0.5, 0.6) is 0 Å². The first-order valence-corrected chi connectivity index (χ1v) is 1.43. The van der Waals surface area contributed by atoms with E-state index in [1.54, 1.807) is 0 Å². The van der Waals surface area contributed by atoms with E-state index in [1.807, 2.05) is 0 Å².